The molecule has 0 aliphatic carbocycles. The van der Waals surface area contributed by atoms with Crippen LogP contribution < -0.4 is 10.6 Å². The monoisotopic (exact) mass is 283 g/mol. The summed E-state index contributed by atoms with van der Waals surface area (Å²) in [6.07, 6.45) is 3.79. The zero-order chi connectivity index (χ0) is 14.9. The second-order valence-corrected chi connectivity index (χ2v) is 6.86. The van der Waals surface area contributed by atoms with Crippen molar-refractivity contribution in [3.8, 4) is 0 Å². The lowest BCUT2D eigenvalue weighted by Crippen LogP contribution is -2.25. The summed E-state index contributed by atoms with van der Waals surface area (Å²) in [6, 6.07) is 10.6. The lowest BCUT2D eigenvalue weighted by atomic mass is 9.85. The van der Waals surface area contributed by atoms with Crippen LogP contribution in [0, 0.1) is 5.41 Å². The van der Waals surface area contributed by atoms with Gasteiger partial charge in [0, 0.05) is 30.7 Å². The van der Waals surface area contributed by atoms with E-state index in [-0.39, 0.29) is 0 Å². The van der Waals surface area contributed by atoms with Crippen LogP contribution in [0.5, 0.6) is 0 Å². The topological polar surface area (TPSA) is 42.1 Å². The highest BCUT2D eigenvalue weighted by Crippen LogP contribution is 2.34. The smallest absolute Gasteiger partial charge is 0.0726 e. The number of hydrogen-bond donors (Lipinski definition) is 1. The maximum absolute atomic E-state index is 5.83. The molecule has 0 radical (unpaired) electrons. The molecule has 21 heavy (non-hydrogen) atoms. The van der Waals surface area contributed by atoms with Crippen molar-refractivity contribution < 1.29 is 0 Å². The number of nitrogens with two attached hydrogens (primary N) is 1. The van der Waals surface area contributed by atoms with Crippen LogP contribution in [0.2, 0.25) is 0 Å². The van der Waals surface area contributed by atoms with Gasteiger partial charge in [0.2, 0.25) is 0 Å². The lowest BCUT2D eigenvalue weighted by Gasteiger charge is -2.26. The molecule has 1 aliphatic rings. The average molecular weight is 283 g/mol. The molecule has 1 saturated heterocycles. The zero-order valence-corrected chi connectivity index (χ0v) is 13.1. The summed E-state index contributed by atoms with van der Waals surface area (Å²) in [4.78, 5) is 7.18. The Kier molecular flexibility index (Phi) is 3.85. The summed E-state index contributed by atoms with van der Waals surface area (Å²) in [5, 5.41) is 1.24. The first-order valence-corrected chi connectivity index (χ1v) is 7.93. The maximum atomic E-state index is 5.83. The van der Waals surface area contributed by atoms with Crippen LogP contribution in [0.1, 0.15) is 38.8 Å². The van der Waals surface area contributed by atoms with Crippen LogP contribution in [0.4, 0.5) is 5.69 Å². The number of hydrogen-bond acceptors (Lipinski definition) is 3. The van der Waals surface area contributed by atoms with Crippen molar-refractivity contribution in [2.45, 2.75) is 39.7 Å². The normalized spacial score (nSPS) is 18.7. The van der Waals surface area contributed by atoms with Crippen LogP contribution in [0.25, 0.3) is 10.9 Å². The molecule has 1 aromatic carbocycles. The molecule has 2 heterocycles. The fourth-order valence-corrected chi connectivity index (χ4v) is 3.24. The largest absolute Gasteiger partial charge is 0.371 e. The fourth-order valence-electron chi connectivity index (χ4n) is 3.24. The summed E-state index contributed by atoms with van der Waals surface area (Å²) >= 11 is 0. The lowest BCUT2D eigenvalue weighted by molar-refractivity contribution is 0.325. The standard InChI is InChI=1S/C18H25N3/c1-18(2)8-5-10-21(11-9-18)17-12-14(13-19)20-16-7-4-3-6-15(16)17/h3-4,6-7,12H,5,8-11,13,19H2,1-2H3. The molecule has 0 unspecified atom stereocenters. The maximum Gasteiger partial charge on any atom is 0.0726 e. The first-order chi connectivity index (χ1) is 10.1. The summed E-state index contributed by atoms with van der Waals surface area (Å²) in [5.41, 5.74) is 9.62. The number of para-hydroxylation sites is 1. The predicted molar refractivity (Wildman–Crippen MR) is 89.5 cm³/mol. The van der Waals surface area contributed by atoms with Gasteiger partial charge in [-0.05, 0) is 36.8 Å². The average Bonchev–Trinajstić information content (AvgIpc) is 2.67. The molecule has 0 amide bonds. The number of rotatable bonds is 2. The number of anilines is 1. The van der Waals surface area contributed by atoms with Gasteiger partial charge in [0.15, 0.2) is 0 Å². The molecule has 0 atom stereocenters. The number of aromatic nitrogens is 1. The highest BCUT2D eigenvalue weighted by Gasteiger charge is 2.24. The van der Waals surface area contributed by atoms with Gasteiger partial charge in [-0.3, -0.25) is 4.98 Å². The van der Waals surface area contributed by atoms with E-state index in [0.717, 1.165) is 24.3 Å². The predicted octanol–water partition coefficient (Wildman–Crippen LogP) is 3.71. The molecule has 3 rings (SSSR count). The molecule has 112 valence electrons. The van der Waals surface area contributed by atoms with Crippen molar-refractivity contribution in [2.75, 3.05) is 18.0 Å². The van der Waals surface area contributed by atoms with E-state index in [1.165, 1.54) is 30.3 Å². The van der Waals surface area contributed by atoms with Gasteiger partial charge in [-0.15, -0.1) is 0 Å². The molecule has 2 aromatic rings. The van der Waals surface area contributed by atoms with E-state index in [0.29, 0.717) is 12.0 Å². The molecular weight excluding hydrogens is 258 g/mol. The van der Waals surface area contributed by atoms with Crippen LogP contribution >= 0.6 is 0 Å². The highest BCUT2D eigenvalue weighted by molar-refractivity contribution is 5.92. The minimum Gasteiger partial charge on any atom is -0.371 e. The second kappa shape index (κ2) is 5.64. The van der Waals surface area contributed by atoms with Gasteiger partial charge in [0.05, 0.1) is 11.2 Å². The number of benzene rings is 1. The molecule has 3 nitrogen and oxygen atoms in total. The van der Waals surface area contributed by atoms with Gasteiger partial charge in [0.1, 0.15) is 0 Å². The van der Waals surface area contributed by atoms with Gasteiger partial charge in [-0.1, -0.05) is 32.0 Å². The van der Waals surface area contributed by atoms with E-state index >= 15 is 0 Å². The molecule has 2 N–H and O–H groups in total. The Bertz CT molecular complexity index is 633. The highest BCUT2D eigenvalue weighted by atomic mass is 15.1. The molecule has 0 bridgehead atoms. The molecule has 0 spiro atoms. The first-order valence-electron chi connectivity index (χ1n) is 7.93. The van der Waals surface area contributed by atoms with Crippen molar-refractivity contribution in [1.29, 1.82) is 0 Å². The third-order valence-corrected chi connectivity index (χ3v) is 4.64. The fraction of sp³-hybridized carbons (Fsp3) is 0.500. The quantitative estimate of drug-likeness (QED) is 0.913. The number of pyridine rings is 1. The van der Waals surface area contributed by atoms with Crippen LogP contribution in [-0.2, 0) is 6.54 Å². The van der Waals surface area contributed by atoms with E-state index < -0.39 is 0 Å². The summed E-state index contributed by atoms with van der Waals surface area (Å²) in [5.74, 6) is 0. The number of nitrogens with zero attached hydrogens (tertiary/aromatic N) is 2. The second-order valence-electron chi connectivity index (χ2n) is 6.86. The van der Waals surface area contributed by atoms with Gasteiger partial charge in [-0.2, -0.15) is 0 Å². The van der Waals surface area contributed by atoms with E-state index in [2.05, 4.69) is 48.0 Å². The van der Waals surface area contributed by atoms with E-state index in [9.17, 15) is 0 Å². The van der Waals surface area contributed by atoms with Gasteiger partial charge >= 0.3 is 0 Å². The van der Waals surface area contributed by atoms with Crippen molar-refractivity contribution in [1.82, 2.24) is 4.98 Å². The number of fused-ring (bicyclic) bond motifs is 1. The van der Waals surface area contributed by atoms with Gasteiger partial charge in [-0.25, -0.2) is 0 Å². The Labute approximate surface area is 127 Å². The van der Waals surface area contributed by atoms with Crippen LogP contribution in [-0.4, -0.2) is 18.1 Å². The zero-order valence-electron chi connectivity index (χ0n) is 13.1. The Morgan fingerprint density at radius 2 is 2.00 bits per heavy atom. The molecular formula is C18H25N3. The van der Waals surface area contributed by atoms with Crippen LogP contribution in [0.15, 0.2) is 30.3 Å². The van der Waals surface area contributed by atoms with Crippen molar-refractivity contribution in [2.24, 2.45) is 11.1 Å². The molecule has 1 aliphatic heterocycles. The van der Waals surface area contributed by atoms with Crippen LogP contribution in [0.3, 0.4) is 0 Å². The van der Waals surface area contributed by atoms with E-state index in [1.807, 2.05) is 6.07 Å². The SMILES string of the molecule is CC1(C)CCCN(c2cc(CN)nc3ccccc23)CC1. The van der Waals surface area contributed by atoms with Crippen molar-refractivity contribution in [3.63, 3.8) is 0 Å². The Morgan fingerprint density at radius 1 is 1.19 bits per heavy atom. The Morgan fingerprint density at radius 3 is 2.81 bits per heavy atom. The molecule has 0 saturated carbocycles. The van der Waals surface area contributed by atoms with Gasteiger partial charge < -0.3 is 10.6 Å². The Hall–Kier alpha value is -1.61. The third-order valence-electron chi connectivity index (χ3n) is 4.64. The van der Waals surface area contributed by atoms with Crippen molar-refractivity contribution in [3.05, 3.63) is 36.0 Å². The summed E-state index contributed by atoms with van der Waals surface area (Å²) < 4.78 is 0. The minimum absolute atomic E-state index is 0.453. The molecule has 3 heteroatoms. The first kappa shape index (κ1) is 14.3. The minimum atomic E-state index is 0.453. The van der Waals surface area contributed by atoms with Crippen molar-refractivity contribution >= 4 is 16.6 Å². The Balaban J connectivity index is 2.02. The molecule has 1 aromatic heterocycles. The van der Waals surface area contributed by atoms with E-state index in [4.69, 9.17) is 5.73 Å². The van der Waals surface area contributed by atoms with E-state index in [1.54, 1.807) is 0 Å². The molecule has 1 fully saturated rings. The summed E-state index contributed by atoms with van der Waals surface area (Å²) in [6.45, 7) is 7.50. The van der Waals surface area contributed by atoms with Gasteiger partial charge in [0.25, 0.3) is 0 Å². The summed E-state index contributed by atoms with van der Waals surface area (Å²) in [7, 11) is 0. The third kappa shape index (κ3) is 3.03.